The summed E-state index contributed by atoms with van der Waals surface area (Å²) in [6, 6.07) is 6.85. The number of rotatable bonds is 3. The zero-order valence-corrected chi connectivity index (χ0v) is 16.2. The second-order valence-electron chi connectivity index (χ2n) is 8.56. The van der Waals surface area contributed by atoms with Crippen LogP contribution in [0, 0.1) is 12.8 Å². The number of fused-ring (bicyclic) bond motifs is 1. The van der Waals surface area contributed by atoms with E-state index in [2.05, 4.69) is 35.3 Å². The third-order valence-electron chi connectivity index (χ3n) is 6.53. The summed E-state index contributed by atoms with van der Waals surface area (Å²) in [5, 5.41) is 3.30. The van der Waals surface area contributed by atoms with Gasteiger partial charge in [-0.25, -0.2) is 4.79 Å². The van der Waals surface area contributed by atoms with Crippen LogP contribution in [0.1, 0.15) is 56.1 Å². The van der Waals surface area contributed by atoms with Crippen molar-refractivity contribution in [2.45, 2.75) is 64.3 Å². The van der Waals surface area contributed by atoms with Crippen molar-refractivity contribution in [1.82, 2.24) is 10.2 Å². The second kappa shape index (κ2) is 7.99. The van der Waals surface area contributed by atoms with E-state index in [9.17, 15) is 4.79 Å². The first-order chi connectivity index (χ1) is 12.7. The van der Waals surface area contributed by atoms with E-state index in [1.54, 1.807) is 0 Å². The number of carbonyl (C=O) groups is 1. The Kier molecular flexibility index (Phi) is 5.49. The first kappa shape index (κ1) is 17.8. The monoisotopic (exact) mass is 355 g/mol. The lowest BCUT2D eigenvalue weighted by molar-refractivity contribution is 0.156. The van der Waals surface area contributed by atoms with E-state index in [1.807, 2.05) is 4.90 Å². The quantitative estimate of drug-likeness (QED) is 0.885. The molecule has 26 heavy (non-hydrogen) atoms. The van der Waals surface area contributed by atoms with Gasteiger partial charge in [-0.2, -0.15) is 0 Å². The number of nitrogens with one attached hydrogen (secondary N) is 1. The molecule has 2 heterocycles. The molecule has 0 radical (unpaired) electrons. The molecule has 1 N–H and O–H groups in total. The number of aryl methyl sites for hydroxylation is 1. The first-order valence-corrected chi connectivity index (χ1v) is 10.6. The molecule has 0 atom stereocenters. The van der Waals surface area contributed by atoms with Gasteiger partial charge in [0.25, 0.3) is 0 Å². The largest absolute Gasteiger partial charge is 0.335 e. The van der Waals surface area contributed by atoms with E-state index in [0.717, 1.165) is 50.5 Å². The zero-order valence-electron chi connectivity index (χ0n) is 16.2. The summed E-state index contributed by atoms with van der Waals surface area (Å²) in [5.41, 5.74) is 3.68. The maximum atomic E-state index is 12.8. The van der Waals surface area contributed by atoms with Crippen molar-refractivity contribution in [3.63, 3.8) is 0 Å². The van der Waals surface area contributed by atoms with Gasteiger partial charge in [-0.1, -0.05) is 37.0 Å². The number of likely N-dealkylation sites (tertiary alicyclic amines) is 1. The number of urea groups is 1. The van der Waals surface area contributed by atoms with Gasteiger partial charge >= 0.3 is 6.03 Å². The zero-order chi connectivity index (χ0) is 17.9. The molecule has 2 amide bonds. The second-order valence-corrected chi connectivity index (χ2v) is 8.56. The normalized spacial score (nSPS) is 22.4. The Bertz CT molecular complexity index is 630. The molecule has 1 aromatic rings. The van der Waals surface area contributed by atoms with Crippen molar-refractivity contribution >= 4 is 11.7 Å². The number of benzene rings is 1. The Hall–Kier alpha value is -1.55. The smallest absolute Gasteiger partial charge is 0.322 e. The molecule has 2 fully saturated rings. The van der Waals surface area contributed by atoms with Crippen LogP contribution in [0.5, 0.6) is 0 Å². The van der Waals surface area contributed by atoms with Crippen LogP contribution in [0.2, 0.25) is 0 Å². The minimum atomic E-state index is 0.0957. The van der Waals surface area contributed by atoms with Gasteiger partial charge in [-0.15, -0.1) is 0 Å². The maximum absolute atomic E-state index is 12.8. The minimum absolute atomic E-state index is 0.0957. The summed E-state index contributed by atoms with van der Waals surface area (Å²) in [4.78, 5) is 17.3. The summed E-state index contributed by atoms with van der Waals surface area (Å²) >= 11 is 0. The van der Waals surface area contributed by atoms with Crippen LogP contribution in [-0.2, 0) is 6.42 Å². The molecule has 0 spiro atoms. The standard InChI is InChI=1S/C22H33N3O/c1-17-7-8-21-19(15-17)9-14-25(21)22(26)23-20-10-12-24(13-11-20)16-18-5-3-2-4-6-18/h7-8,15,18,20H,2-6,9-14,16H2,1H3,(H,23,26). The van der Waals surface area contributed by atoms with Gasteiger partial charge in [0.1, 0.15) is 0 Å². The predicted octanol–water partition coefficient (Wildman–Crippen LogP) is 4.11. The van der Waals surface area contributed by atoms with Crippen molar-refractivity contribution in [3.05, 3.63) is 29.3 Å². The summed E-state index contributed by atoms with van der Waals surface area (Å²) in [5.74, 6) is 0.916. The van der Waals surface area contributed by atoms with Crippen LogP contribution in [0.25, 0.3) is 0 Å². The number of nitrogens with zero attached hydrogens (tertiary/aromatic N) is 2. The summed E-state index contributed by atoms with van der Waals surface area (Å²) in [6.07, 6.45) is 10.3. The van der Waals surface area contributed by atoms with Crippen LogP contribution >= 0.6 is 0 Å². The number of amides is 2. The molecular weight excluding hydrogens is 322 g/mol. The van der Waals surface area contributed by atoms with Crippen LogP contribution in [-0.4, -0.2) is 43.2 Å². The van der Waals surface area contributed by atoms with Crippen molar-refractivity contribution in [3.8, 4) is 0 Å². The van der Waals surface area contributed by atoms with Crippen molar-refractivity contribution in [1.29, 1.82) is 0 Å². The highest BCUT2D eigenvalue weighted by atomic mass is 16.2. The molecule has 0 bridgehead atoms. The molecule has 1 saturated heterocycles. The van der Waals surface area contributed by atoms with Gasteiger partial charge in [-0.3, -0.25) is 4.90 Å². The van der Waals surface area contributed by atoms with Crippen molar-refractivity contribution < 1.29 is 4.79 Å². The molecular formula is C22H33N3O. The highest BCUT2D eigenvalue weighted by molar-refractivity contribution is 5.94. The van der Waals surface area contributed by atoms with E-state index >= 15 is 0 Å². The van der Waals surface area contributed by atoms with Gasteiger partial charge in [0, 0.05) is 37.9 Å². The fraction of sp³-hybridized carbons (Fsp3) is 0.682. The lowest BCUT2D eigenvalue weighted by Crippen LogP contribution is -2.49. The Morgan fingerprint density at radius 1 is 1.08 bits per heavy atom. The molecule has 4 rings (SSSR count). The molecule has 3 aliphatic rings. The lowest BCUT2D eigenvalue weighted by Gasteiger charge is -2.36. The Morgan fingerprint density at radius 3 is 2.62 bits per heavy atom. The third-order valence-corrected chi connectivity index (χ3v) is 6.53. The average molecular weight is 356 g/mol. The van der Waals surface area contributed by atoms with E-state index in [0.29, 0.717) is 6.04 Å². The molecule has 4 nitrogen and oxygen atoms in total. The van der Waals surface area contributed by atoms with Crippen molar-refractivity contribution in [2.75, 3.05) is 31.1 Å². The Labute approximate surface area is 157 Å². The van der Waals surface area contributed by atoms with Gasteiger partial charge in [0.05, 0.1) is 0 Å². The Morgan fingerprint density at radius 2 is 1.85 bits per heavy atom. The van der Waals surface area contributed by atoms with Crippen LogP contribution in [0.4, 0.5) is 10.5 Å². The van der Waals surface area contributed by atoms with Gasteiger partial charge in [0.15, 0.2) is 0 Å². The molecule has 1 saturated carbocycles. The number of hydrogen-bond acceptors (Lipinski definition) is 2. The molecule has 2 aliphatic heterocycles. The topological polar surface area (TPSA) is 35.6 Å². The molecule has 1 aromatic carbocycles. The lowest BCUT2D eigenvalue weighted by atomic mass is 9.88. The predicted molar refractivity (Wildman–Crippen MR) is 107 cm³/mol. The third kappa shape index (κ3) is 4.06. The van der Waals surface area contributed by atoms with Gasteiger partial charge < -0.3 is 10.2 Å². The maximum Gasteiger partial charge on any atom is 0.322 e. The number of hydrogen-bond donors (Lipinski definition) is 1. The highest BCUT2D eigenvalue weighted by Gasteiger charge is 2.28. The molecule has 142 valence electrons. The number of carbonyl (C=O) groups excluding carboxylic acids is 1. The highest BCUT2D eigenvalue weighted by Crippen LogP contribution is 2.29. The fourth-order valence-electron chi connectivity index (χ4n) is 4.99. The number of piperidine rings is 1. The van der Waals surface area contributed by atoms with Gasteiger partial charge in [-0.05, 0) is 56.6 Å². The minimum Gasteiger partial charge on any atom is -0.335 e. The van der Waals surface area contributed by atoms with E-state index in [1.165, 1.54) is 49.8 Å². The van der Waals surface area contributed by atoms with Crippen LogP contribution in [0.3, 0.4) is 0 Å². The van der Waals surface area contributed by atoms with E-state index < -0.39 is 0 Å². The fourth-order valence-corrected chi connectivity index (χ4v) is 4.99. The SMILES string of the molecule is Cc1ccc2c(c1)CCN2C(=O)NC1CCN(CC2CCCCC2)CC1. The average Bonchev–Trinajstić information content (AvgIpc) is 3.07. The summed E-state index contributed by atoms with van der Waals surface area (Å²) in [6.45, 7) is 6.48. The molecule has 0 unspecified atom stereocenters. The molecule has 1 aliphatic carbocycles. The van der Waals surface area contributed by atoms with E-state index in [4.69, 9.17) is 0 Å². The van der Waals surface area contributed by atoms with Crippen LogP contribution < -0.4 is 10.2 Å². The van der Waals surface area contributed by atoms with Crippen molar-refractivity contribution in [2.24, 2.45) is 5.92 Å². The Balaban J connectivity index is 1.25. The van der Waals surface area contributed by atoms with Crippen LogP contribution in [0.15, 0.2) is 18.2 Å². The first-order valence-electron chi connectivity index (χ1n) is 10.6. The van der Waals surface area contributed by atoms with E-state index in [-0.39, 0.29) is 6.03 Å². The summed E-state index contributed by atoms with van der Waals surface area (Å²) in [7, 11) is 0. The molecule has 0 aromatic heterocycles. The molecule has 4 heteroatoms. The van der Waals surface area contributed by atoms with Gasteiger partial charge in [0.2, 0.25) is 0 Å². The number of anilines is 1. The summed E-state index contributed by atoms with van der Waals surface area (Å²) < 4.78 is 0.